The molecular formula is C8H12BrF2NO2. The molecule has 0 saturated heterocycles. The Morgan fingerprint density at radius 2 is 2.00 bits per heavy atom. The lowest BCUT2D eigenvalue weighted by atomic mass is 9.94. The number of hydrogen-bond acceptors (Lipinski definition) is 2. The van der Waals surface area contributed by atoms with Crippen molar-refractivity contribution in [2.45, 2.75) is 32.2 Å². The number of alkyl halides is 3. The fraction of sp³-hybridized carbons (Fsp3) is 0.750. The molecule has 0 aromatic heterocycles. The molecule has 0 rings (SSSR count). The Morgan fingerprint density at radius 1 is 1.50 bits per heavy atom. The van der Waals surface area contributed by atoms with Crippen LogP contribution in [0, 0.1) is 0 Å². The van der Waals surface area contributed by atoms with E-state index in [1.54, 1.807) is 6.92 Å². The minimum atomic E-state index is -3.09. The molecule has 1 amide bonds. The molecule has 82 valence electrons. The lowest BCUT2D eigenvalue weighted by molar-refractivity contribution is -0.137. The lowest BCUT2D eigenvalue weighted by Gasteiger charge is -2.27. The molecule has 0 aliphatic heterocycles. The molecule has 1 unspecified atom stereocenters. The van der Waals surface area contributed by atoms with Gasteiger partial charge < -0.3 is 5.32 Å². The van der Waals surface area contributed by atoms with Gasteiger partial charge >= 0.3 is 6.43 Å². The van der Waals surface area contributed by atoms with Crippen molar-refractivity contribution in [3.8, 4) is 0 Å². The highest BCUT2D eigenvalue weighted by Crippen LogP contribution is 2.13. The summed E-state index contributed by atoms with van der Waals surface area (Å²) in [7, 11) is 0. The highest BCUT2D eigenvalue weighted by atomic mass is 79.9. The third-order valence-corrected chi connectivity index (χ3v) is 2.55. The summed E-state index contributed by atoms with van der Waals surface area (Å²) in [4.78, 5) is 22.0. The predicted molar refractivity (Wildman–Crippen MR) is 51.6 cm³/mol. The molecule has 0 aliphatic rings. The van der Waals surface area contributed by atoms with Crippen molar-refractivity contribution < 1.29 is 18.4 Å². The molecule has 0 aromatic rings. The predicted octanol–water partition coefficient (Wildman–Crippen LogP) is 1.50. The summed E-state index contributed by atoms with van der Waals surface area (Å²) in [6.07, 6.45) is -2.82. The van der Waals surface area contributed by atoms with Crippen molar-refractivity contribution in [1.82, 2.24) is 5.32 Å². The molecule has 6 heteroatoms. The molecule has 0 heterocycles. The first kappa shape index (κ1) is 13.5. The Bertz CT molecular complexity index is 235. The van der Waals surface area contributed by atoms with Crippen molar-refractivity contribution in [1.29, 1.82) is 0 Å². The summed E-state index contributed by atoms with van der Waals surface area (Å²) in [5.41, 5.74) is -1.21. The second kappa shape index (κ2) is 5.38. The van der Waals surface area contributed by atoms with Gasteiger partial charge in [-0.2, -0.15) is 8.78 Å². The molecule has 0 saturated carbocycles. The van der Waals surface area contributed by atoms with Crippen LogP contribution in [-0.4, -0.2) is 29.0 Å². The number of Topliss-reactive ketones (excluding diaryl/α,β-unsaturated/α-hetero) is 1. The van der Waals surface area contributed by atoms with E-state index in [4.69, 9.17) is 0 Å². The zero-order valence-electron chi connectivity index (χ0n) is 7.94. The first-order valence-electron chi connectivity index (χ1n) is 4.06. The number of carbonyl (C=O) groups is 2. The maximum Gasteiger partial charge on any atom is 0.315 e. The number of rotatable bonds is 5. The Morgan fingerprint density at radius 3 is 2.29 bits per heavy atom. The van der Waals surface area contributed by atoms with Gasteiger partial charge in [0.15, 0.2) is 5.78 Å². The van der Waals surface area contributed by atoms with Gasteiger partial charge in [0.25, 0.3) is 5.91 Å². The van der Waals surface area contributed by atoms with Crippen LogP contribution in [0.4, 0.5) is 8.78 Å². The van der Waals surface area contributed by atoms with Gasteiger partial charge in [0.1, 0.15) is 0 Å². The number of carbonyl (C=O) groups excluding carboxylic acids is 2. The third-order valence-electron chi connectivity index (χ3n) is 2.04. The van der Waals surface area contributed by atoms with Crippen molar-refractivity contribution in [3.63, 3.8) is 0 Å². The van der Waals surface area contributed by atoms with Crippen LogP contribution in [0.5, 0.6) is 0 Å². The van der Waals surface area contributed by atoms with E-state index in [-0.39, 0.29) is 17.5 Å². The zero-order valence-corrected chi connectivity index (χ0v) is 9.53. The maximum absolute atomic E-state index is 11.9. The van der Waals surface area contributed by atoms with Crippen LogP contribution < -0.4 is 5.32 Å². The third kappa shape index (κ3) is 3.32. The van der Waals surface area contributed by atoms with Gasteiger partial charge in [0, 0.05) is 0 Å². The van der Waals surface area contributed by atoms with Crippen LogP contribution in [0.2, 0.25) is 0 Å². The number of ketones is 1. The second-order valence-electron chi connectivity index (χ2n) is 3.03. The average molecular weight is 272 g/mol. The number of nitrogens with one attached hydrogen (secondary N) is 1. The Hall–Kier alpha value is -0.520. The van der Waals surface area contributed by atoms with E-state index in [2.05, 4.69) is 15.9 Å². The highest BCUT2D eigenvalue weighted by molar-refractivity contribution is 9.09. The fourth-order valence-electron chi connectivity index (χ4n) is 0.829. The van der Waals surface area contributed by atoms with E-state index in [1.807, 2.05) is 5.32 Å². The molecule has 0 bridgehead atoms. The average Bonchev–Trinajstić information content (AvgIpc) is 2.15. The summed E-state index contributed by atoms with van der Waals surface area (Å²) in [6, 6.07) is 0. The monoisotopic (exact) mass is 271 g/mol. The van der Waals surface area contributed by atoms with Crippen LogP contribution in [-0.2, 0) is 9.59 Å². The van der Waals surface area contributed by atoms with E-state index in [0.717, 1.165) is 0 Å². The zero-order chi connectivity index (χ0) is 11.4. The van der Waals surface area contributed by atoms with Crippen LogP contribution in [0.25, 0.3) is 0 Å². The number of amides is 1. The van der Waals surface area contributed by atoms with Crippen LogP contribution in [0.3, 0.4) is 0 Å². The molecule has 3 nitrogen and oxygen atoms in total. The summed E-state index contributed by atoms with van der Waals surface area (Å²) < 4.78 is 23.9. The first-order valence-corrected chi connectivity index (χ1v) is 5.19. The maximum atomic E-state index is 11.9. The minimum absolute atomic E-state index is 0.0286. The second-order valence-corrected chi connectivity index (χ2v) is 3.59. The molecule has 1 atom stereocenters. The number of halogens is 3. The quantitative estimate of drug-likeness (QED) is 0.771. The molecule has 1 N–H and O–H groups in total. The van der Waals surface area contributed by atoms with Gasteiger partial charge in [-0.15, -0.1) is 0 Å². The normalized spacial score (nSPS) is 15.0. The van der Waals surface area contributed by atoms with Crippen LogP contribution in [0.15, 0.2) is 0 Å². The van der Waals surface area contributed by atoms with Gasteiger partial charge in [0.05, 0.1) is 10.9 Å². The summed E-state index contributed by atoms with van der Waals surface area (Å²) in [6.45, 7) is 3.07. The van der Waals surface area contributed by atoms with E-state index in [1.165, 1.54) is 6.92 Å². The van der Waals surface area contributed by atoms with Gasteiger partial charge in [-0.3, -0.25) is 9.59 Å². The standard InChI is InChI=1S/C8H12BrF2NO2/c1-3-8(2,5(13)4-9)12-7(14)6(10)11/h6H,3-4H2,1-2H3,(H,12,14). The van der Waals surface area contributed by atoms with Crippen molar-refractivity contribution >= 4 is 27.6 Å². The summed E-state index contributed by atoms with van der Waals surface area (Å²) in [5, 5.41) is 2.05. The largest absolute Gasteiger partial charge is 0.339 e. The van der Waals surface area contributed by atoms with Gasteiger partial charge in [-0.1, -0.05) is 22.9 Å². The summed E-state index contributed by atoms with van der Waals surface area (Å²) in [5.74, 6) is -1.74. The van der Waals surface area contributed by atoms with E-state index < -0.39 is 17.9 Å². The highest BCUT2D eigenvalue weighted by Gasteiger charge is 2.33. The van der Waals surface area contributed by atoms with Crippen molar-refractivity contribution in [2.75, 3.05) is 5.33 Å². The molecular weight excluding hydrogens is 260 g/mol. The molecule has 0 aromatic carbocycles. The van der Waals surface area contributed by atoms with E-state index in [9.17, 15) is 18.4 Å². The minimum Gasteiger partial charge on any atom is -0.339 e. The van der Waals surface area contributed by atoms with Gasteiger partial charge in [-0.25, -0.2) is 0 Å². The van der Waals surface area contributed by atoms with Gasteiger partial charge in [-0.05, 0) is 13.3 Å². The molecule has 14 heavy (non-hydrogen) atoms. The topological polar surface area (TPSA) is 46.2 Å². The van der Waals surface area contributed by atoms with Crippen LogP contribution >= 0.6 is 15.9 Å². The molecule has 0 aliphatic carbocycles. The van der Waals surface area contributed by atoms with E-state index in [0.29, 0.717) is 0 Å². The van der Waals surface area contributed by atoms with Crippen molar-refractivity contribution in [3.05, 3.63) is 0 Å². The Balaban J connectivity index is 4.56. The smallest absolute Gasteiger partial charge is 0.315 e. The van der Waals surface area contributed by atoms with E-state index >= 15 is 0 Å². The molecule has 0 spiro atoms. The summed E-state index contributed by atoms with van der Waals surface area (Å²) >= 11 is 2.93. The molecule has 0 radical (unpaired) electrons. The van der Waals surface area contributed by atoms with Crippen LogP contribution in [0.1, 0.15) is 20.3 Å². The Kier molecular flexibility index (Phi) is 5.18. The first-order chi connectivity index (χ1) is 6.37. The van der Waals surface area contributed by atoms with Crippen molar-refractivity contribution in [2.24, 2.45) is 0 Å². The molecule has 0 fully saturated rings. The number of hydrogen-bond donors (Lipinski definition) is 1. The fourth-order valence-corrected chi connectivity index (χ4v) is 1.45. The SMILES string of the molecule is CCC(C)(NC(=O)C(F)F)C(=O)CBr. The lowest BCUT2D eigenvalue weighted by Crippen LogP contribution is -2.53. The Labute approximate surface area is 89.4 Å². The van der Waals surface area contributed by atoms with Gasteiger partial charge in [0.2, 0.25) is 0 Å².